The minimum Gasteiger partial charge on any atom is -0.385 e. The molecule has 0 atom stereocenters. The van der Waals surface area contributed by atoms with E-state index >= 15 is 0 Å². The molecule has 22 heavy (non-hydrogen) atoms. The smallest absolute Gasteiger partial charge is 0.208 e. The van der Waals surface area contributed by atoms with Gasteiger partial charge in [0, 0.05) is 23.4 Å². The standard InChI is InChI=1S/C16H12N2O3S/c1-2-18-11-4-6-14-13(8-11)16(19)12-5-3-10(9-17)7-15(12)22(14,20)21/h3-8,18H,2H2,1H3. The molecule has 0 aliphatic carbocycles. The number of ketones is 1. The number of carbonyl (C=O) groups excluding carboxylic acids is 1. The van der Waals surface area contributed by atoms with Crippen LogP contribution >= 0.6 is 0 Å². The van der Waals surface area contributed by atoms with Crippen LogP contribution in [0.15, 0.2) is 46.2 Å². The van der Waals surface area contributed by atoms with Crippen LogP contribution in [0.25, 0.3) is 0 Å². The molecule has 1 aliphatic rings. The molecule has 1 aliphatic heterocycles. The van der Waals surface area contributed by atoms with E-state index in [4.69, 9.17) is 5.26 Å². The molecular weight excluding hydrogens is 300 g/mol. The highest BCUT2D eigenvalue weighted by Gasteiger charge is 2.35. The van der Waals surface area contributed by atoms with E-state index in [1.54, 1.807) is 12.1 Å². The van der Waals surface area contributed by atoms with Crippen LogP contribution < -0.4 is 5.32 Å². The number of anilines is 1. The van der Waals surface area contributed by atoms with Gasteiger partial charge in [0.25, 0.3) is 0 Å². The summed E-state index contributed by atoms with van der Waals surface area (Å²) < 4.78 is 25.4. The third-order valence-electron chi connectivity index (χ3n) is 3.54. The zero-order valence-electron chi connectivity index (χ0n) is 11.8. The van der Waals surface area contributed by atoms with Crippen LogP contribution in [-0.4, -0.2) is 20.7 Å². The summed E-state index contributed by atoms with van der Waals surface area (Å²) in [6.45, 7) is 2.58. The third kappa shape index (κ3) is 1.98. The normalized spacial score (nSPS) is 14.6. The first-order valence-electron chi connectivity index (χ1n) is 6.71. The predicted octanol–water partition coefficient (Wildman–Crippen LogP) is 2.37. The van der Waals surface area contributed by atoms with Crippen LogP contribution in [0.5, 0.6) is 0 Å². The summed E-state index contributed by atoms with van der Waals surface area (Å²) in [4.78, 5) is 12.5. The van der Waals surface area contributed by atoms with Crippen molar-refractivity contribution < 1.29 is 13.2 Å². The number of hydrogen-bond donors (Lipinski definition) is 1. The van der Waals surface area contributed by atoms with Gasteiger partial charge in [-0.1, -0.05) is 0 Å². The summed E-state index contributed by atoms with van der Waals surface area (Å²) in [6.07, 6.45) is 0. The maximum atomic E-state index is 12.7. The monoisotopic (exact) mass is 312 g/mol. The van der Waals surface area contributed by atoms with Gasteiger partial charge in [0.15, 0.2) is 5.78 Å². The van der Waals surface area contributed by atoms with Crippen molar-refractivity contribution in [3.8, 4) is 6.07 Å². The number of sulfone groups is 1. The molecule has 110 valence electrons. The average molecular weight is 312 g/mol. The van der Waals surface area contributed by atoms with Crippen molar-refractivity contribution in [2.45, 2.75) is 16.7 Å². The number of fused-ring (bicyclic) bond motifs is 2. The van der Waals surface area contributed by atoms with Crippen LogP contribution in [0.2, 0.25) is 0 Å². The Kier molecular flexibility index (Phi) is 3.23. The first-order valence-corrected chi connectivity index (χ1v) is 8.19. The number of nitrogens with zero attached hydrogens (tertiary/aromatic N) is 1. The van der Waals surface area contributed by atoms with Crippen LogP contribution in [-0.2, 0) is 9.84 Å². The number of hydrogen-bond acceptors (Lipinski definition) is 5. The first-order chi connectivity index (χ1) is 10.5. The summed E-state index contributed by atoms with van der Waals surface area (Å²) in [5, 5.41) is 12.0. The molecule has 2 aromatic carbocycles. The van der Waals surface area contributed by atoms with Crippen LogP contribution in [0.3, 0.4) is 0 Å². The fourth-order valence-electron chi connectivity index (χ4n) is 2.52. The van der Waals surface area contributed by atoms with Crippen molar-refractivity contribution in [2.24, 2.45) is 0 Å². The Morgan fingerprint density at radius 3 is 2.55 bits per heavy atom. The van der Waals surface area contributed by atoms with Crippen molar-refractivity contribution >= 4 is 21.3 Å². The van der Waals surface area contributed by atoms with E-state index in [1.807, 2.05) is 13.0 Å². The molecule has 5 nitrogen and oxygen atoms in total. The topological polar surface area (TPSA) is 87.0 Å². The van der Waals surface area contributed by atoms with Crippen molar-refractivity contribution in [3.05, 3.63) is 53.1 Å². The predicted molar refractivity (Wildman–Crippen MR) is 80.6 cm³/mol. The van der Waals surface area contributed by atoms with Gasteiger partial charge in [0.1, 0.15) is 0 Å². The zero-order chi connectivity index (χ0) is 15.9. The summed E-state index contributed by atoms with van der Waals surface area (Å²) in [7, 11) is -3.80. The molecule has 2 aromatic rings. The largest absolute Gasteiger partial charge is 0.385 e. The van der Waals surface area contributed by atoms with Gasteiger partial charge in [-0.25, -0.2) is 8.42 Å². The summed E-state index contributed by atoms with van der Waals surface area (Å²) in [5.74, 6) is -0.343. The van der Waals surface area contributed by atoms with E-state index in [1.165, 1.54) is 24.3 Å². The molecule has 0 aromatic heterocycles. The number of carbonyl (C=O) groups is 1. The lowest BCUT2D eigenvalue weighted by molar-refractivity contribution is 0.103. The lowest BCUT2D eigenvalue weighted by Gasteiger charge is -2.19. The Labute approximate surface area is 128 Å². The molecule has 0 saturated carbocycles. The quantitative estimate of drug-likeness (QED) is 0.785. The Bertz CT molecular complexity index is 940. The Morgan fingerprint density at radius 2 is 1.86 bits per heavy atom. The van der Waals surface area contributed by atoms with Gasteiger partial charge in [0.05, 0.1) is 21.4 Å². The van der Waals surface area contributed by atoms with E-state index < -0.39 is 9.84 Å². The second-order valence-corrected chi connectivity index (χ2v) is 6.78. The van der Waals surface area contributed by atoms with E-state index in [0.717, 1.165) is 0 Å². The third-order valence-corrected chi connectivity index (χ3v) is 5.39. The minimum atomic E-state index is -3.80. The molecule has 0 bridgehead atoms. The average Bonchev–Trinajstić information content (AvgIpc) is 2.52. The van der Waals surface area contributed by atoms with Gasteiger partial charge in [0.2, 0.25) is 9.84 Å². The van der Waals surface area contributed by atoms with Crippen molar-refractivity contribution in [1.82, 2.24) is 0 Å². The van der Waals surface area contributed by atoms with Gasteiger partial charge in [-0.3, -0.25) is 4.79 Å². The molecule has 3 rings (SSSR count). The Hall–Kier alpha value is -2.65. The molecule has 0 fully saturated rings. The molecule has 0 saturated heterocycles. The van der Waals surface area contributed by atoms with E-state index in [2.05, 4.69) is 5.32 Å². The number of rotatable bonds is 2. The van der Waals surface area contributed by atoms with E-state index in [-0.39, 0.29) is 32.3 Å². The lowest BCUT2D eigenvalue weighted by atomic mass is 10.0. The zero-order valence-corrected chi connectivity index (χ0v) is 12.6. The lowest BCUT2D eigenvalue weighted by Crippen LogP contribution is -2.20. The maximum absolute atomic E-state index is 12.7. The van der Waals surface area contributed by atoms with Gasteiger partial charge >= 0.3 is 0 Å². The van der Waals surface area contributed by atoms with E-state index in [9.17, 15) is 13.2 Å². The Morgan fingerprint density at radius 1 is 1.09 bits per heavy atom. The molecule has 1 heterocycles. The summed E-state index contributed by atoms with van der Waals surface area (Å²) >= 11 is 0. The highest BCUT2D eigenvalue weighted by atomic mass is 32.2. The highest BCUT2D eigenvalue weighted by Crippen LogP contribution is 2.36. The number of nitrogens with one attached hydrogen (secondary N) is 1. The second-order valence-electron chi connectivity index (χ2n) is 4.90. The summed E-state index contributed by atoms with van der Waals surface area (Å²) in [6, 6.07) is 10.6. The first kappa shape index (κ1) is 14.3. The molecule has 6 heteroatoms. The summed E-state index contributed by atoms with van der Waals surface area (Å²) in [5.41, 5.74) is 1.18. The SMILES string of the molecule is CCNc1ccc2c(c1)C(=O)c1ccc(C#N)cc1S2(=O)=O. The van der Waals surface area contributed by atoms with Crippen molar-refractivity contribution in [2.75, 3.05) is 11.9 Å². The van der Waals surface area contributed by atoms with Crippen molar-refractivity contribution in [1.29, 1.82) is 5.26 Å². The van der Waals surface area contributed by atoms with Gasteiger partial charge in [-0.2, -0.15) is 5.26 Å². The van der Waals surface area contributed by atoms with E-state index in [0.29, 0.717) is 12.2 Å². The number of nitriles is 1. The van der Waals surface area contributed by atoms with Crippen LogP contribution in [0.1, 0.15) is 28.4 Å². The minimum absolute atomic E-state index is 0.0123. The van der Waals surface area contributed by atoms with Gasteiger partial charge in [-0.05, 0) is 43.3 Å². The fourth-order valence-corrected chi connectivity index (χ4v) is 4.18. The molecule has 1 N–H and O–H groups in total. The fraction of sp³-hybridized carbons (Fsp3) is 0.125. The molecule has 0 amide bonds. The van der Waals surface area contributed by atoms with Crippen LogP contribution in [0, 0.1) is 11.3 Å². The van der Waals surface area contributed by atoms with Crippen LogP contribution in [0.4, 0.5) is 5.69 Å². The maximum Gasteiger partial charge on any atom is 0.208 e. The second kappa shape index (κ2) is 4.97. The number of benzene rings is 2. The highest BCUT2D eigenvalue weighted by molar-refractivity contribution is 7.91. The molecular formula is C16H12N2O3S. The molecule has 0 unspecified atom stereocenters. The van der Waals surface area contributed by atoms with Gasteiger partial charge < -0.3 is 5.32 Å². The Balaban J connectivity index is 2.29. The van der Waals surface area contributed by atoms with Crippen molar-refractivity contribution in [3.63, 3.8) is 0 Å². The van der Waals surface area contributed by atoms with Gasteiger partial charge in [-0.15, -0.1) is 0 Å². The molecule has 0 radical (unpaired) electrons. The molecule has 0 spiro atoms.